The van der Waals surface area contributed by atoms with Crippen molar-refractivity contribution < 1.29 is 9.85 Å². The molecule has 0 aromatic heterocycles. The monoisotopic (exact) mass is 383 g/mol. The Labute approximate surface area is 161 Å². The fourth-order valence-corrected chi connectivity index (χ4v) is 3.50. The molecule has 9 heteroatoms. The first-order valence-electron chi connectivity index (χ1n) is 8.94. The number of nitrogens with one attached hydrogen (secondary N) is 1. The molecular formula is C19H21N5O4. The van der Waals surface area contributed by atoms with Gasteiger partial charge in [-0.3, -0.25) is 20.2 Å². The maximum absolute atomic E-state index is 11.3. The van der Waals surface area contributed by atoms with Gasteiger partial charge >= 0.3 is 0 Å². The van der Waals surface area contributed by atoms with E-state index in [4.69, 9.17) is 0 Å². The normalized spacial score (nSPS) is 15.9. The van der Waals surface area contributed by atoms with Crippen LogP contribution in [0.4, 0.5) is 28.4 Å². The summed E-state index contributed by atoms with van der Waals surface area (Å²) in [6, 6.07) is 3.63. The summed E-state index contributed by atoms with van der Waals surface area (Å²) >= 11 is 0. The lowest BCUT2D eigenvalue weighted by atomic mass is 9.89. The third kappa shape index (κ3) is 3.42. The van der Waals surface area contributed by atoms with Gasteiger partial charge in [-0.1, -0.05) is 0 Å². The number of non-ortho nitro benzene ring substituents is 1. The standard InChI is InChI=1S/C19H21N5O4/c1-10-5-7-15-13(4)18(11(2)12(3)19(15)20-10)22-21-16-9-14(23(25)26)6-8-17(16)24(27)28/h6,8-10,20H,5,7H2,1-4H3/b22-21+. The minimum absolute atomic E-state index is 0.139. The Balaban J connectivity index is 2.11. The van der Waals surface area contributed by atoms with Crippen LogP contribution in [-0.2, 0) is 6.42 Å². The van der Waals surface area contributed by atoms with Crippen molar-refractivity contribution in [2.75, 3.05) is 5.32 Å². The molecule has 0 spiro atoms. The first-order chi connectivity index (χ1) is 13.2. The topological polar surface area (TPSA) is 123 Å². The van der Waals surface area contributed by atoms with Gasteiger partial charge in [0.1, 0.15) is 0 Å². The molecule has 1 heterocycles. The highest BCUT2D eigenvalue weighted by Crippen LogP contribution is 2.41. The van der Waals surface area contributed by atoms with Crippen molar-refractivity contribution >= 4 is 28.4 Å². The predicted octanol–water partition coefficient (Wildman–Crippen LogP) is 5.59. The van der Waals surface area contributed by atoms with Crippen molar-refractivity contribution in [3.05, 3.63) is 60.7 Å². The molecule has 0 bridgehead atoms. The van der Waals surface area contributed by atoms with E-state index >= 15 is 0 Å². The van der Waals surface area contributed by atoms with Gasteiger partial charge in [-0.2, -0.15) is 0 Å². The number of nitro benzene ring substituents is 2. The quantitative estimate of drug-likeness (QED) is 0.419. The number of rotatable bonds is 4. The average molecular weight is 383 g/mol. The molecule has 3 rings (SSSR count). The van der Waals surface area contributed by atoms with E-state index in [-0.39, 0.29) is 17.1 Å². The number of benzene rings is 2. The Hall–Kier alpha value is -3.36. The van der Waals surface area contributed by atoms with Gasteiger partial charge in [0.05, 0.1) is 21.6 Å². The van der Waals surface area contributed by atoms with E-state index in [0.29, 0.717) is 11.7 Å². The fourth-order valence-electron chi connectivity index (χ4n) is 3.50. The molecule has 0 amide bonds. The molecule has 0 radical (unpaired) electrons. The summed E-state index contributed by atoms with van der Waals surface area (Å²) in [7, 11) is 0. The molecule has 2 aromatic rings. The lowest BCUT2D eigenvalue weighted by molar-refractivity contribution is -0.388. The van der Waals surface area contributed by atoms with Crippen LogP contribution in [0.15, 0.2) is 28.4 Å². The number of hydrogen-bond donors (Lipinski definition) is 1. The highest BCUT2D eigenvalue weighted by molar-refractivity contribution is 5.73. The van der Waals surface area contributed by atoms with Crippen LogP contribution >= 0.6 is 0 Å². The summed E-state index contributed by atoms with van der Waals surface area (Å²) in [6.45, 7) is 8.04. The lowest BCUT2D eigenvalue weighted by Gasteiger charge is -2.29. The van der Waals surface area contributed by atoms with Gasteiger partial charge in [0.25, 0.3) is 11.4 Å². The van der Waals surface area contributed by atoms with Crippen LogP contribution in [-0.4, -0.2) is 15.9 Å². The molecule has 146 valence electrons. The van der Waals surface area contributed by atoms with Crippen LogP contribution in [0.3, 0.4) is 0 Å². The highest BCUT2D eigenvalue weighted by Gasteiger charge is 2.23. The van der Waals surface area contributed by atoms with E-state index in [1.807, 2.05) is 20.8 Å². The minimum Gasteiger partial charge on any atom is -0.382 e. The molecule has 0 fully saturated rings. The van der Waals surface area contributed by atoms with Crippen molar-refractivity contribution in [3.63, 3.8) is 0 Å². The smallest absolute Gasteiger partial charge is 0.297 e. The van der Waals surface area contributed by atoms with Gasteiger partial charge in [0, 0.05) is 23.9 Å². The van der Waals surface area contributed by atoms with Gasteiger partial charge in [-0.25, -0.2) is 0 Å². The minimum atomic E-state index is -0.624. The molecule has 0 saturated heterocycles. The molecule has 28 heavy (non-hydrogen) atoms. The van der Waals surface area contributed by atoms with Crippen LogP contribution < -0.4 is 5.32 Å². The number of azo groups is 1. The Kier molecular flexibility index (Phi) is 5.08. The molecule has 1 unspecified atom stereocenters. The van der Waals surface area contributed by atoms with E-state index < -0.39 is 9.85 Å². The van der Waals surface area contributed by atoms with Gasteiger partial charge < -0.3 is 5.32 Å². The van der Waals surface area contributed by atoms with Crippen LogP contribution in [0.25, 0.3) is 0 Å². The van der Waals surface area contributed by atoms with Crippen molar-refractivity contribution in [2.45, 2.75) is 46.6 Å². The first kappa shape index (κ1) is 19.4. The lowest BCUT2D eigenvalue weighted by Crippen LogP contribution is -2.23. The second-order valence-electron chi connectivity index (χ2n) is 7.05. The number of anilines is 1. The molecule has 1 atom stereocenters. The SMILES string of the molecule is Cc1c(C)c2c(c(C)c1/N=N/c1cc([N+](=O)[O-])ccc1[N+](=O)[O-])CCC(C)N2. The molecule has 9 nitrogen and oxygen atoms in total. The summed E-state index contributed by atoms with van der Waals surface area (Å²) in [6.07, 6.45) is 1.92. The Bertz CT molecular complexity index is 1020. The molecule has 1 aliphatic heterocycles. The van der Waals surface area contributed by atoms with Gasteiger partial charge in [0.2, 0.25) is 0 Å². The van der Waals surface area contributed by atoms with Crippen LogP contribution in [0.2, 0.25) is 0 Å². The highest BCUT2D eigenvalue weighted by atomic mass is 16.6. The summed E-state index contributed by atoms with van der Waals surface area (Å²) in [5, 5.41) is 34.1. The number of fused-ring (bicyclic) bond motifs is 1. The largest absolute Gasteiger partial charge is 0.382 e. The Morgan fingerprint density at radius 1 is 1.04 bits per heavy atom. The molecule has 2 aromatic carbocycles. The molecular weight excluding hydrogens is 362 g/mol. The third-order valence-corrected chi connectivity index (χ3v) is 5.24. The molecule has 1 aliphatic rings. The van der Waals surface area contributed by atoms with E-state index in [2.05, 4.69) is 22.5 Å². The molecule has 1 N–H and O–H groups in total. The maximum Gasteiger partial charge on any atom is 0.297 e. The second-order valence-corrected chi connectivity index (χ2v) is 7.05. The van der Waals surface area contributed by atoms with E-state index in [1.165, 1.54) is 5.56 Å². The zero-order valence-corrected chi connectivity index (χ0v) is 16.1. The average Bonchev–Trinajstić information content (AvgIpc) is 2.65. The van der Waals surface area contributed by atoms with Gasteiger partial charge in [0.15, 0.2) is 5.69 Å². The van der Waals surface area contributed by atoms with Crippen molar-refractivity contribution in [1.82, 2.24) is 0 Å². The Morgan fingerprint density at radius 2 is 1.75 bits per heavy atom. The number of nitrogens with zero attached hydrogens (tertiary/aromatic N) is 4. The van der Waals surface area contributed by atoms with Crippen LogP contribution in [0.1, 0.15) is 35.6 Å². The fraction of sp³-hybridized carbons (Fsp3) is 0.368. The zero-order chi connectivity index (χ0) is 20.6. The number of nitro groups is 2. The Morgan fingerprint density at radius 3 is 2.39 bits per heavy atom. The summed E-state index contributed by atoms with van der Waals surface area (Å²) in [4.78, 5) is 21.0. The summed E-state index contributed by atoms with van der Waals surface area (Å²) in [5.74, 6) is 0. The maximum atomic E-state index is 11.3. The van der Waals surface area contributed by atoms with Crippen LogP contribution in [0.5, 0.6) is 0 Å². The van der Waals surface area contributed by atoms with E-state index in [9.17, 15) is 20.2 Å². The predicted molar refractivity (Wildman–Crippen MR) is 106 cm³/mol. The summed E-state index contributed by atoms with van der Waals surface area (Å²) < 4.78 is 0. The van der Waals surface area contributed by atoms with Crippen LogP contribution in [0, 0.1) is 41.0 Å². The summed E-state index contributed by atoms with van der Waals surface area (Å²) in [5.41, 5.74) is 5.16. The van der Waals surface area contributed by atoms with Crippen molar-refractivity contribution in [2.24, 2.45) is 10.2 Å². The third-order valence-electron chi connectivity index (χ3n) is 5.24. The zero-order valence-electron chi connectivity index (χ0n) is 16.1. The van der Waals surface area contributed by atoms with Crippen molar-refractivity contribution in [3.8, 4) is 0 Å². The number of hydrogen-bond acceptors (Lipinski definition) is 7. The molecule has 0 aliphatic carbocycles. The first-order valence-corrected chi connectivity index (χ1v) is 8.94. The van der Waals surface area contributed by atoms with Crippen molar-refractivity contribution in [1.29, 1.82) is 0 Å². The van der Waals surface area contributed by atoms with Gasteiger partial charge in [-0.05, 0) is 62.8 Å². The van der Waals surface area contributed by atoms with E-state index in [0.717, 1.165) is 53.4 Å². The molecule has 0 saturated carbocycles. The van der Waals surface area contributed by atoms with Gasteiger partial charge in [-0.15, -0.1) is 10.2 Å². The second kappa shape index (κ2) is 7.34. The van der Waals surface area contributed by atoms with E-state index in [1.54, 1.807) is 0 Å².